The molecule has 2 aromatic heterocycles. The third kappa shape index (κ3) is 2.79. The van der Waals surface area contributed by atoms with Gasteiger partial charge in [-0.15, -0.1) is 0 Å². The Kier molecular flexibility index (Phi) is 3.54. The summed E-state index contributed by atoms with van der Waals surface area (Å²) in [5, 5.41) is 0. The number of H-pyrrole nitrogens is 1. The highest BCUT2D eigenvalue weighted by atomic mass is 32.1. The van der Waals surface area contributed by atoms with Crippen LogP contribution in [0.4, 0.5) is 0 Å². The van der Waals surface area contributed by atoms with Crippen molar-refractivity contribution in [1.82, 2.24) is 19.4 Å². The maximum absolute atomic E-state index is 5.40. The van der Waals surface area contributed by atoms with Gasteiger partial charge < -0.3 is 14.5 Å². The minimum Gasteiger partial charge on any atom is -0.329 e. The molecule has 0 aliphatic heterocycles. The van der Waals surface area contributed by atoms with Gasteiger partial charge in [-0.25, -0.2) is 0 Å². The topological polar surface area (TPSA) is 36.9 Å². The quantitative estimate of drug-likeness (QED) is 0.863. The summed E-state index contributed by atoms with van der Waals surface area (Å²) in [5.74, 6) is 0. The van der Waals surface area contributed by atoms with Crippen LogP contribution < -0.4 is 0 Å². The van der Waals surface area contributed by atoms with Crippen molar-refractivity contribution >= 4 is 23.3 Å². The zero-order valence-electron chi connectivity index (χ0n) is 11.4. The van der Waals surface area contributed by atoms with Crippen molar-refractivity contribution in [3.63, 3.8) is 0 Å². The lowest BCUT2D eigenvalue weighted by atomic mass is 9.93. The molecule has 0 radical (unpaired) electrons. The fraction of sp³-hybridized carbons (Fsp3) is 0.538. The summed E-state index contributed by atoms with van der Waals surface area (Å²) in [6.07, 6.45) is 3.63. The first-order chi connectivity index (χ1) is 8.39. The van der Waals surface area contributed by atoms with E-state index in [1.54, 1.807) is 6.20 Å². The fourth-order valence-electron chi connectivity index (χ4n) is 2.50. The second-order valence-electron chi connectivity index (χ2n) is 5.81. The normalized spacial score (nSPS) is 12.5. The van der Waals surface area contributed by atoms with E-state index in [2.05, 4.69) is 47.4 Å². The summed E-state index contributed by atoms with van der Waals surface area (Å²) in [6, 6.07) is 2.01. The lowest BCUT2D eigenvalue weighted by molar-refractivity contribution is 0.212. The van der Waals surface area contributed by atoms with Gasteiger partial charge in [-0.05, 0) is 37.8 Å². The molecule has 98 valence electrons. The minimum atomic E-state index is 0.167. The average molecular weight is 264 g/mol. The van der Waals surface area contributed by atoms with Gasteiger partial charge in [0.05, 0.1) is 17.2 Å². The number of hydrogen-bond acceptors (Lipinski definition) is 3. The van der Waals surface area contributed by atoms with Crippen molar-refractivity contribution in [1.29, 1.82) is 0 Å². The summed E-state index contributed by atoms with van der Waals surface area (Å²) in [4.78, 5) is 9.53. The van der Waals surface area contributed by atoms with Crippen LogP contribution in [0, 0.1) is 10.2 Å². The van der Waals surface area contributed by atoms with Gasteiger partial charge in [-0.1, -0.05) is 13.8 Å². The number of aromatic amines is 1. The molecule has 0 atom stereocenters. The van der Waals surface area contributed by atoms with Gasteiger partial charge in [0.25, 0.3) is 0 Å². The van der Waals surface area contributed by atoms with Crippen LogP contribution in [0.5, 0.6) is 0 Å². The van der Waals surface area contributed by atoms with Gasteiger partial charge >= 0.3 is 0 Å². The van der Waals surface area contributed by atoms with Crippen LogP contribution in [0.25, 0.3) is 11.0 Å². The number of rotatable bonds is 4. The van der Waals surface area contributed by atoms with Gasteiger partial charge in [-0.2, -0.15) is 0 Å². The fourth-order valence-corrected chi connectivity index (χ4v) is 2.77. The molecule has 0 fully saturated rings. The molecule has 0 unspecified atom stereocenters. The van der Waals surface area contributed by atoms with E-state index < -0.39 is 0 Å². The molecule has 0 saturated carbocycles. The van der Waals surface area contributed by atoms with Crippen LogP contribution in [0.3, 0.4) is 0 Å². The van der Waals surface area contributed by atoms with Gasteiger partial charge in [0, 0.05) is 19.3 Å². The van der Waals surface area contributed by atoms with Gasteiger partial charge in [0.15, 0.2) is 4.77 Å². The van der Waals surface area contributed by atoms with E-state index in [1.165, 1.54) is 0 Å². The number of hydrogen-bond donors (Lipinski definition) is 1. The highest BCUT2D eigenvalue weighted by Gasteiger charge is 2.21. The molecule has 0 amide bonds. The molecule has 1 N–H and O–H groups in total. The molecule has 0 aliphatic rings. The van der Waals surface area contributed by atoms with Crippen molar-refractivity contribution in [2.24, 2.45) is 5.41 Å². The van der Waals surface area contributed by atoms with Crippen molar-refractivity contribution in [3.05, 3.63) is 23.2 Å². The predicted octanol–water partition coefficient (Wildman–Crippen LogP) is 2.68. The van der Waals surface area contributed by atoms with E-state index in [1.807, 2.05) is 12.3 Å². The van der Waals surface area contributed by atoms with Gasteiger partial charge in [0.1, 0.15) is 0 Å². The number of aromatic nitrogens is 3. The summed E-state index contributed by atoms with van der Waals surface area (Å²) in [5.41, 5.74) is 2.30. The molecule has 0 spiro atoms. The summed E-state index contributed by atoms with van der Waals surface area (Å²) in [6.45, 7) is 6.43. The van der Waals surface area contributed by atoms with E-state index >= 15 is 0 Å². The Balaban J connectivity index is 2.37. The van der Waals surface area contributed by atoms with Crippen LogP contribution in [0.1, 0.15) is 13.8 Å². The maximum Gasteiger partial charge on any atom is 0.178 e. The number of imidazole rings is 1. The van der Waals surface area contributed by atoms with Gasteiger partial charge in [0.2, 0.25) is 0 Å². The lowest BCUT2D eigenvalue weighted by Crippen LogP contribution is -2.32. The van der Waals surface area contributed by atoms with E-state index in [-0.39, 0.29) is 5.41 Å². The maximum atomic E-state index is 5.40. The van der Waals surface area contributed by atoms with Crippen LogP contribution in [-0.2, 0) is 6.54 Å². The molecule has 2 rings (SSSR count). The zero-order chi connectivity index (χ0) is 13.3. The third-order valence-electron chi connectivity index (χ3n) is 2.91. The molecule has 0 bridgehead atoms. The second kappa shape index (κ2) is 4.82. The Morgan fingerprint density at radius 3 is 2.83 bits per heavy atom. The molecule has 0 saturated heterocycles. The summed E-state index contributed by atoms with van der Waals surface area (Å²) in [7, 11) is 4.19. The third-order valence-corrected chi connectivity index (χ3v) is 3.23. The smallest absolute Gasteiger partial charge is 0.178 e. The van der Waals surface area contributed by atoms with Crippen LogP contribution in [0.15, 0.2) is 18.5 Å². The Morgan fingerprint density at radius 2 is 2.17 bits per heavy atom. The molecule has 18 heavy (non-hydrogen) atoms. The molecule has 5 heteroatoms. The Bertz CT molecular complexity index is 594. The molecule has 0 aromatic carbocycles. The molecular formula is C13H20N4S. The number of pyridine rings is 1. The molecule has 0 aliphatic carbocycles. The number of nitrogens with one attached hydrogen (secondary N) is 1. The number of nitrogens with zero attached hydrogens (tertiary/aromatic N) is 3. The van der Waals surface area contributed by atoms with Crippen LogP contribution in [0.2, 0.25) is 0 Å². The number of fused-ring (bicyclic) bond motifs is 1. The van der Waals surface area contributed by atoms with Crippen molar-refractivity contribution < 1.29 is 0 Å². The standard InChI is InChI=1S/C13H20N4S/c1-13(2,8-16(3)4)9-17-11-5-6-14-7-10(11)15-12(17)18/h5-7H,8-9H2,1-4H3,(H,15,18). The summed E-state index contributed by atoms with van der Waals surface area (Å²) < 4.78 is 2.93. The molecule has 2 aromatic rings. The Morgan fingerprint density at radius 1 is 1.44 bits per heavy atom. The summed E-state index contributed by atoms with van der Waals surface area (Å²) >= 11 is 5.40. The molecule has 2 heterocycles. The van der Waals surface area contributed by atoms with Gasteiger partial charge in [-0.3, -0.25) is 4.98 Å². The second-order valence-corrected chi connectivity index (χ2v) is 6.20. The van der Waals surface area contributed by atoms with Crippen molar-refractivity contribution in [3.8, 4) is 0 Å². The van der Waals surface area contributed by atoms with E-state index in [9.17, 15) is 0 Å². The van der Waals surface area contributed by atoms with E-state index in [0.29, 0.717) is 0 Å². The van der Waals surface area contributed by atoms with Crippen molar-refractivity contribution in [2.75, 3.05) is 20.6 Å². The monoisotopic (exact) mass is 264 g/mol. The molecular weight excluding hydrogens is 244 g/mol. The van der Waals surface area contributed by atoms with E-state index in [0.717, 1.165) is 28.9 Å². The highest BCUT2D eigenvalue weighted by molar-refractivity contribution is 7.71. The first kappa shape index (κ1) is 13.2. The molecule has 4 nitrogen and oxygen atoms in total. The average Bonchev–Trinajstić information content (AvgIpc) is 2.53. The largest absolute Gasteiger partial charge is 0.329 e. The SMILES string of the molecule is CN(C)CC(C)(C)Cn1c(=S)[nH]c2cnccc21. The predicted molar refractivity (Wildman–Crippen MR) is 77.3 cm³/mol. The zero-order valence-corrected chi connectivity index (χ0v) is 12.2. The first-order valence-electron chi connectivity index (χ1n) is 6.06. The highest BCUT2D eigenvalue weighted by Crippen LogP contribution is 2.22. The van der Waals surface area contributed by atoms with Crippen molar-refractivity contribution in [2.45, 2.75) is 20.4 Å². The lowest BCUT2D eigenvalue weighted by Gasteiger charge is -2.28. The minimum absolute atomic E-state index is 0.167. The van der Waals surface area contributed by atoms with Crippen LogP contribution in [-0.4, -0.2) is 40.1 Å². The van der Waals surface area contributed by atoms with E-state index in [4.69, 9.17) is 12.2 Å². The Hall–Kier alpha value is -1.20. The van der Waals surface area contributed by atoms with Crippen LogP contribution >= 0.6 is 12.2 Å². The first-order valence-corrected chi connectivity index (χ1v) is 6.47. The Labute approximate surface area is 113 Å².